The summed E-state index contributed by atoms with van der Waals surface area (Å²) in [6.45, 7) is 2.91. The summed E-state index contributed by atoms with van der Waals surface area (Å²) in [6, 6.07) is 4.74. The van der Waals surface area contributed by atoms with Crippen molar-refractivity contribution < 1.29 is 42.1 Å². The molecule has 0 bridgehead atoms. The first-order valence-electron chi connectivity index (χ1n) is 8.86. The Morgan fingerprint density at radius 1 is 1.17 bits per heavy atom. The van der Waals surface area contributed by atoms with Crippen LogP contribution in [0, 0.1) is 0 Å². The SMILES string of the molecule is CCOC(=O)/C(=C/c1ccc(OCCOCCC(F)(F)C=O)cc1OC)C(C)=O. The third-order valence-electron chi connectivity index (χ3n) is 3.63. The average molecular weight is 414 g/mol. The van der Waals surface area contributed by atoms with Crippen LogP contribution in [-0.2, 0) is 23.9 Å². The lowest BCUT2D eigenvalue weighted by Gasteiger charge is -2.12. The smallest absolute Gasteiger partial charge is 0.341 e. The van der Waals surface area contributed by atoms with Crippen LogP contribution < -0.4 is 9.47 Å². The number of esters is 1. The van der Waals surface area contributed by atoms with E-state index in [4.69, 9.17) is 18.9 Å². The van der Waals surface area contributed by atoms with Crippen molar-refractivity contribution >= 4 is 24.1 Å². The van der Waals surface area contributed by atoms with Gasteiger partial charge in [0.15, 0.2) is 12.1 Å². The normalized spacial score (nSPS) is 11.7. The number of hydrogen-bond acceptors (Lipinski definition) is 7. The first-order valence-corrected chi connectivity index (χ1v) is 8.86. The number of benzene rings is 1. The maximum absolute atomic E-state index is 12.7. The Labute approximate surface area is 167 Å². The van der Waals surface area contributed by atoms with Crippen LogP contribution in [0.2, 0.25) is 0 Å². The van der Waals surface area contributed by atoms with Crippen molar-refractivity contribution in [3.8, 4) is 11.5 Å². The Hall–Kier alpha value is -2.81. The van der Waals surface area contributed by atoms with Gasteiger partial charge >= 0.3 is 11.9 Å². The van der Waals surface area contributed by atoms with Crippen LogP contribution in [0.25, 0.3) is 6.08 Å². The molecular formula is C20H24F2O7. The minimum Gasteiger partial charge on any atom is -0.496 e. The van der Waals surface area contributed by atoms with Crippen molar-refractivity contribution in [2.45, 2.75) is 26.2 Å². The predicted molar refractivity (Wildman–Crippen MR) is 100 cm³/mol. The predicted octanol–water partition coefficient (Wildman–Crippen LogP) is 2.85. The van der Waals surface area contributed by atoms with E-state index in [1.165, 1.54) is 20.1 Å². The molecule has 0 atom stereocenters. The molecule has 0 radical (unpaired) electrons. The minimum atomic E-state index is -3.39. The second kappa shape index (κ2) is 11.9. The molecule has 0 aliphatic heterocycles. The number of aldehydes is 1. The minimum absolute atomic E-state index is 0.0518. The molecule has 0 N–H and O–H groups in total. The summed E-state index contributed by atoms with van der Waals surface area (Å²) < 4.78 is 46.1. The number of methoxy groups -OCH3 is 1. The lowest BCUT2D eigenvalue weighted by atomic mass is 10.1. The van der Waals surface area contributed by atoms with E-state index in [0.717, 1.165) is 0 Å². The number of ketones is 1. The average Bonchev–Trinajstić information content (AvgIpc) is 2.69. The van der Waals surface area contributed by atoms with Gasteiger partial charge in [0.25, 0.3) is 0 Å². The zero-order chi connectivity index (χ0) is 21.9. The Bertz CT molecular complexity index is 744. The van der Waals surface area contributed by atoms with Gasteiger partial charge in [0, 0.05) is 18.1 Å². The van der Waals surface area contributed by atoms with Gasteiger partial charge in [-0.2, -0.15) is 8.78 Å². The molecule has 160 valence electrons. The van der Waals surface area contributed by atoms with Crippen LogP contribution in [0.3, 0.4) is 0 Å². The lowest BCUT2D eigenvalue weighted by Crippen LogP contribution is -2.21. The Balaban J connectivity index is 2.71. The Kier molecular flexibility index (Phi) is 9.94. The van der Waals surface area contributed by atoms with Crippen LogP contribution in [0.5, 0.6) is 11.5 Å². The quantitative estimate of drug-likeness (QED) is 0.122. The number of rotatable bonds is 13. The number of carbonyl (C=O) groups excluding carboxylic acids is 3. The summed E-state index contributed by atoms with van der Waals surface area (Å²) in [6.07, 6.45) is 0.276. The molecule has 1 rings (SSSR count). The molecule has 0 aromatic heterocycles. The molecule has 0 saturated carbocycles. The second-order valence-corrected chi connectivity index (χ2v) is 5.83. The van der Waals surface area contributed by atoms with Crippen LogP contribution >= 0.6 is 0 Å². The summed E-state index contributed by atoms with van der Waals surface area (Å²) >= 11 is 0. The second-order valence-electron chi connectivity index (χ2n) is 5.83. The highest BCUT2D eigenvalue weighted by atomic mass is 19.3. The van der Waals surface area contributed by atoms with Gasteiger partial charge < -0.3 is 18.9 Å². The van der Waals surface area contributed by atoms with Crippen LogP contribution in [0.4, 0.5) is 8.78 Å². The molecule has 0 heterocycles. The van der Waals surface area contributed by atoms with Crippen molar-refractivity contribution in [3.63, 3.8) is 0 Å². The highest BCUT2D eigenvalue weighted by Gasteiger charge is 2.27. The fourth-order valence-corrected chi connectivity index (χ4v) is 2.16. The monoisotopic (exact) mass is 414 g/mol. The van der Waals surface area contributed by atoms with E-state index in [0.29, 0.717) is 17.1 Å². The summed E-state index contributed by atoms with van der Waals surface area (Å²) in [5.41, 5.74) is 0.366. The molecule has 0 aliphatic carbocycles. The zero-order valence-electron chi connectivity index (χ0n) is 16.5. The van der Waals surface area contributed by atoms with Gasteiger partial charge in [-0.25, -0.2) is 4.79 Å². The maximum atomic E-state index is 12.7. The van der Waals surface area contributed by atoms with Gasteiger partial charge in [-0.1, -0.05) is 0 Å². The number of Topliss-reactive ketones (excluding diaryl/α,β-unsaturated/α-hetero) is 1. The van der Waals surface area contributed by atoms with Crippen molar-refractivity contribution in [1.29, 1.82) is 0 Å². The molecule has 0 fully saturated rings. The first kappa shape index (κ1) is 24.2. The van der Waals surface area contributed by atoms with Crippen LogP contribution in [0.15, 0.2) is 23.8 Å². The first-order chi connectivity index (χ1) is 13.7. The number of carbonyl (C=O) groups is 3. The van der Waals surface area contributed by atoms with E-state index in [-0.39, 0.29) is 32.0 Å². The third-order valence-corrected chi connectivity index (χ3v) is 3.63. The summed E-state index contributed by atoms with van der Waals surface area (Å²) in [7, 11) is 1.42. The number of halogens is 2. The van der Waals surface area contributed by atoms with E-state index < -0.39 is 30.4 Å². The standard InChI is InChI=1S/C20H24F2O7/c1-4-28-19(25)17(14(2)24)11-15-5-6-16(12-18(15)26-3)29-10-9-27-8-7-20(21,22)13-23/h5-6,11-13H,4,7-10H2,1-3H3/b17-11+. The number of ether oxygens (including phenoxy) is 4. The van der Waals surface area contributed by atoms with Gasteiger partial charge in [0.05, 0.1) is 26.9 Å². The molecule has 29 heavy (non-hydrogen) atoms. The highest BCUT2D eigenvalue weighted by Crippen LogP contribution is 2.27. The van der Waals surface area contributed by atoms with E-state index in [1.807, 2.05) is 0 Å². The Morgan fingerprint density at radius 2 is 1.90 bits per heavy atom. The van der Waals surface area contributed by atoms with Gasteiger partial charge in [-0.05, 0) is 32.1 Å². The molecule has 7 nitrogen and oxygen atoms in total. The summed E-state index contributed by atoms with van der Waals surface area (Å²) in [5, 5.41) is 0. The van der Waals surface area contributed by atoms with Gasteiger partial charge in [0.2, 0.25) is 0 Å². The summed E-state index contributed by atoms with van der Waals surface area (Å²) in [4.78, 5) is 33.7. The fourth-order valence-electron chi connectivity index (χ4n) is 2.16. The number of hydrogen-bond donors (Lipinski definition) is 0. The molecule has 1 aromatic rings. The van der Waals surface area contributed by atoms with Crippen molar-refractivity contribution in [3.05, 3.63) is 29.3 Å². The third kappa shape index (κ3) is 8.39. The van der Waals surface area contributed by atoms with E-state index in [1.54, 1.807) is 25.1 Å². The van der Waals surface area contributed by atoms with E-state index in [9.17, 15) is 23.2 Å². The molecular weight excluding hydrogens is 390 g/mol. The highest BCUT2D eigenvalue weighted by molar-refractivity contribution is 6.19. The fraction of sp³-hybridized carbons (Fsp3) is 0.450. The molecule has 0 spiro atoms. The van der Waals surface area contributed by atoms with Gasteiger partial charge in [-0.3, -0.25) is 9.59 Å². The van der Waals surface area contributed by atoms with Crippen molar-refractivity contribution in [2.24, 2.45) is 0 Å². The topological polar surface area (TPSA) is 88.1 Å². The van der Waals surface area contributed by atoms with E-state index in [2.05, 4.69) is 0 Å². The van der Waals surface area contributed by atoms with Crippen LogP contribution in [-0.4, -0.2) is 57.5 Å². The van der Waals surface area contributed by atoms with Crippen molar-refractivity contribution in [2.75, 3.05) is 33.5 Å². The Morgan fingerprint density at radius 3 is 2.48 bits per heavy atom. The molecule has 0 saturated heterocycles. The number of alkyl halides is 2. The molecule has 1 aromatic carbocycles. The molecule has 0 aliphatic rings. The van der Waals surface area contributed by atoms with Crippen molar-refractivity contribution in [1.82, 2.24) is 0 Å². The van der Waals surface area contributed by atoms with E-state index >= 15 is 0 Å². The summed E-state index contributed by atoms with van der Waals surface area (Å²) in [5.74, 6) is -3.78. The zero-order valence-corrected chi connectivity index (χ0v) is 16.5. The largest absolute Gasteiger partial charge is 0.496 e. The van der Waals surface area contributed by atoms with Crippen LogP contribution in [0.1, 0.15) is 25.8 Å². The lowest BCUT2D eigenvalue weighted by molar-refractivity contribution is -0.139. The molecule has 0 unspecified atom stereocenters. The van der Waals surface area contributed by atoms with Gasteiger partial charge in [0.1, 0.15) is 23.7 Å². The molecule has 9 heteroatoms. The van der Waals surface area contributed by atoms with Gasteiger partial charge in [-0.15, -0.1) is 0 Å². The molecule has 0 amide bonds. The maximum Gasteiger partial charge on any atom is 0.341 e.